The number of nitrogens with zero attached hydrogens (tertiary/aromatic N) is 2. The fourth-order valence-electron chi connectivity index (χ4n) is 2.67. The van der Waals surface area contributed by atoms with E-state index in [1.807, 2.05) is 0 Å². The van der Waals surface area contributed by atoms with Crippen LogP contribution in [0.15, 0.2) is 41.1 Å². The monoisotopic (exact) mass is 333 g/mol. The SMILES string of the molecule is O=C(NCc1ccccc1F)N1CCN(Cc2ccsc2)CC1. The molecule has 0 radical (unpaired) electrons. The Morgan fingerprint density at radius 2 is 1.96 bits per heavy atom. The van der Waals surface area contributed by atoms with E-state index in [0.29, 0.717) is 18.7 Å². The van der Waals surface area contributed by atoms with Crippen molar-refractivity contribution in [1.82, 2.24) is 15.1 Å². The molecule has 1 aliphatic rings. The van der Waals surface area contributed by atoms with E-state index in [1.165, 1.54) is 11.6 Å². The second-order valence-corrected chi connectivity index (χ2v) is 6.42. The Labute approximate surface area is 139 Å². The van der Waals surface area contributed by atoms with E-state index in [1.54, 1.807) is 34.4 Å². The molecule has 3 rings (SSSR count). The molecule has 4 nitrogen and oxygen atoms in total. The Hall–Kier alpha value is -1.92. The Kier molecular flexibility index (Phi) is 5.25. The molecular formula is C17H20FN3OS. The van der Waals surface area contributed by atoms with E-state index in [2.05, 4.69) is 27.0 Å². The molecule has 1 N–H and O–H groups in total. The van der Waals surface area contributed by atoms with Gasteiger partial charge < -0.3 is 10.2 Å². The summed E-state index contributed by atoms with van der Waals surface area (Å²) in [4.78, 5) is 16.3. The lowest BCUT2D eigenvalue weighted by Gasteiger charge is -2.34. The highest BCUT2D eigenvalue weighted by molar-refractivity contribution is 7.07. The third-order valence-corrected chi connectivity index (χ3v) is 4.77. The van der Waals surface area contributed by atoms with Crippen molar-refractivity contribution in [3.63, 3.8) is 0 Å². The van der Waals surface area contributed by atoms with Crippen molar-refractivity contribution in [2.45, 2.75) is 13.1 Å². The average molecular weight is 333 g/mol. The Balaban J connectivity index is 1.44. The summed E-state index contributed by atoms with van der Waals surface area (Å²) in [6.07, 6.45) is 0. The number of carbonyl (C=O) groups is 1. The third kappa shape index (κ3) is 4.30. The largest absolute Gasteiger partial charge is 0.334 e. The van der Waals surface area contributed by atoms with Crippen molar-refractivity contribution in [2.24, 2.45) is 0 Å². The van der Waals surface area contributed by atoms with Crippen molar-refractivity contribution in [3.05, 3.63) is 58.0 Å². The van der Waals surface area contributed by atoms with E-state index in [9.17, 15) is 9.18 Å². The quantitative estimate of drug-likeness (QED) is 0.934. The van der Waals surface area contributed by atoms with Crippen molar-refractivity contribution in [2.75, 3.05) is 26.2 Å². The van der Waals surface area contributed by atoms with Crippen LogP contribution in [-0.2, 0) is 13.1 Å². The van der Waals surface area contributed by atoms with Gasteiger partial charge in [0.15, 0.2) is 0 Å². The van der Waals surface area contributed by atoms with Crippen LogP contribution < -0.4 is 5.32 Å². The summed E-state index contributed by atoms with van der Waals surface area (Å²) in [6, 6.07) is 8.53. The van der Waals surface area contributed by atoms with Crippen LogP contribution in [0, 0.1) is 5.82 Å². The third-order valence-electron chi connectivity index (χ3n) is 4.03. The minimum Gasteiger partial charge on any atom is -0.334 e. The maximum Gasteiger partial charge on any atom is 0.317 e. The molecule has 6 heteroatoms. The number of hydrogen-bond donors (Lipinski definition) is 1. The van der Waals surface area contributed by atoms with Gasteiger partial charge in [0.05, 0.1) is 0 Å². The molecule has 0 atom stereocenters. The van der Waals surface area contributed by atoms with Crippen LogP contribution in [0.25, 0.3) is 0 Å². The fourth-order valence-corrected chi connectivity index (χ4v) is 3.33. The maximum atomic E-state index is 13.5. The Morgan fingerprint density at radius 1 is 1.17 bits per heavy atom. The summed E-state index contributed by atoms with van der Waals surface area (Å²) >= 11 is 1.71. The van der Waals surface area contributed by atoms with Gasteiger partial charge >= 0.3 is 6.03 Å². The summed E-state index contributed by atoms with van der Waals surface area (Å²) < 4.78 is 13.5. The van der Waals surface area contributed by atoms with E-state index in [4.69, 9.17) is 0 Å². The van der Waals surface area contributed by atoms with Gasteiger partial charge in [0, 0.05) is 44.8 Å². The zero-order valence-electron chi connectivity index (χ0n) is 12.9. The lowest BCUT2D eigenvalue weighted by molar-refractivity contribution is 0.135. The van der Waals surface area contributed by atoms with Crippen molar-refractivity contribution >= 4 is 17.4 Å². The van der Waals surface area contributed by atoms with Crippen LogP contribution in [0.4, 0.5) is 9.18 Å². The molecule has 0 spiro atoms. The fraction of sp³-hybridized carbons (Fsp3) is 0.353. The molecule has 0 bridgehead atoms. The van der Waals surface area contributed by atoms with Gasteiger partial charge in [-0.15, -0.1) is 0 Å². The molecule has 1 saturated heterocycles. The molecule has 2 aromatic rings. The van der Waals surface area contributed by atoms with Crippen LogP contribution >= 0.6 is 11.3 Å². The standard InChI is InChI=1S/C17H20FN3OS/c18-16-4-2-1-3-15(16)11-19-17(22)21-8-6-20(7-9-21)12-14-5-10-23-13-14/h1-5,10,13H,6-9,11-12H2,(H,19,22). The smallest absolute Gasteiger partial charge is 0.317 e. The number of thiophene rings is 1. The highest BCUT2D eigenvalue weighted by Crippen LogP contribution is 2.12. The van der Waals surface area contributed by atoms with Gasteiger partial charge in [0.2, 0.25) is 0 Å². The highest BCUT2D eigenvalue weighted by atomic mass is 32.1. The topological polar surface area (TPSA) is 35.6 Å². The number of hydrogen-bond acceptors (Lipinski definition) is 3. The predicted octanol–water partition coefficient (Wildman–Crippen LogP) is 2.91. The molecular weight excluding hydrogens is 313 g/mol. The van der Waals surface area contributed by atoms with E-state index in [-0.39, 0.29) is 18.4 Å². The molecule has 23 heavy (non-hydrogen) atoms. The normalized spacial score (nSPS) is 15.6. The van der Waals surface area contributed by atoms with Gasteiger partial charge in [-0.2, -0.15) is 11.3 Å². The minimum atomic E-state index is -0.284. The zero-order valence-corrected chi connectivity index (χ0v) is 13.7. The average Bonchev–Trinajstić information content (AvgIpc) is 3.07. The molecule has 1 aromatic heterocycles. The van der Waals surface area contributed by atoms with Crippen molar-refractivity contribution in [3.8, 4) is 0 Å². The summed E-state index contributed by atoms with van der Waals surface area (Å²) in [5.74, 6) is -0.284. The number of urea groups is 1. The summed E-state index contributed by atoms with van der Waals surface area (Å²) in [5, 5.41) is 7.05. The molecule has 122 valence electrons. The molecule has 0 saturated carbocycles. The number of halogens is 1. The molecule has 1 aromatic carbocycles. The molecule has 0 aliphatic carbocycles. The van der Waals surface area contributed by atoms with E-state index in [0.717, 1.165) is 19.6 Å². The minimum absolute atomic E-state index is 0.122. The molecule has 2 heterocycles. The predicted molar refractivity (Wildman–Crippen MR) is 89.8 cm³/mol. The van der Waals surface area contributed by atoms with Crippen LogP contribution in [0.5, 0.6) is 0 Å². The number of amides is 2. The molecule has 0 unspecified atom stereocenters. The molecule has 1 fully saturated rings. The van der Waals surface area contributed by atoms with Gasteiger partial charge in [0.25, 0.3) is 0 Å². The summed E-state index contributed by atoms with van der Waals surface area (Å²) in [7, 11) is 0. The van der Waals surface area contributed by atoms with Crippen LogP contribution in [0.1, 0.15) is 11.1 Å². The van der Waals surface area contributed by atoms with Crippen molar-refractivity contribution in [1.29, 1.82) is 0 Å². The van der Waals surface area contributed by atoms with Crippen molar-refractivity contribution < 1.29 is 9.18 Å². The second kappa shape index (κ2) is 7.57. The number of carbonyl (C=O) groups excluding carboxylic acids is 1. The lowest BCUT2D eigenvalue weighted by Crippen LogP contribution is -2.51. The Morgan fingerprint density at radius 3 is 2.65 bits per heavy atom. The van der Waals surface area contributed by atoms with E-state index < -0.39 is 0 Å². The lowest BCUT2D eigenvalue weighted by atomic mass is 10.2. The Bertz CT molecular complexity index is 639. The van der Waals surface area contributed by atoms with E-state index >= 15 is 0 Å². The number of nitrogens with one attached hydrogen (secondary N) is 1. The highest BCUT2D eigenvalue weighted by Gasteiger charge is 2.21. The number of rotatable bonds is 4. The van der Waals surface area contributed by atoms with Gasteiger partial charge in [-0.25, -0.2) is 9.18 Å². The van der Waals surface area contributed by atoms with Gasteiger partial charge in [-0.1, -0.05) is 18.2 Å². The first kappa shape index (κ1) is 16.0. The summed E-state index contributed by atoms with van der Waals surface area (Å²) in [5.41, 5.74) is 1.84. The number of piperazine rings is 1. The van der Waals surface area contributed by atoms with Crippen LogP contribution in [0.2, 0.25) is 0 Å². The zero-order chi connectivity index (χ0) is 16.1. The second-order valence-electron chi connectivity index (χ2n) is 5.64. The first-order valence-corrected chi connectivity index (χ1v) is 8.66. The number of benzene rings is 1. The first-order chi connectivity index (χ1) is 11.2. The first-order valence-electron chi connectivity index (χ1n) is 7.72. The van der Waals surface area contributed by atoms with Gasteiger partial charge in [-0.3, -0.25) is 4.90 Å². The summed E-state index contributed by atoms with van der Waals surface area (Å²) in [6.45, 7) is 4.29. The maximum absolute atomic E-state index is 13.5. The van der Waals surface area contributed by atoms with Gasteiger partial charge in [-0.05, 0) is 28.5 Å². The van der Waals surface area contributed by atoms with Gasteiger partial charge in [0.1, 0.15) is 5.82 Å². The molecule has 2 amide bonds. The molecule has 1 aliphatic heterocycles. The van der Waals surface area contributed by atoms with Crippen LogP contribution in [0.3, 0.4) is 0 Å². The van der Waals surface area contributed by atoms with Crippen LogP contribution in [-0.4, -0.2) is 42.0 Å².